The summed E-state index contributed by atoms with van der Waals surface area (Å²) in [5.41, 5.74) is 3.16. The molecular formula is C36H39FN6O5. The van der Waals surface area contributed by atoms with Gasteiger partial charge in [-0.3, -0.25) is 19.2 Å². The molecular weight excluding hydrogens is 615 g/mol. The summed E-state index contributed by atoms with van der Waals surface area (Å²) in [4.78, 5) is 59.0. The number of hydrogen-bond acceptors (Lipinski definition) is 7. The van der Waals surface area contributed by atoms with Crippen LogP contribution >= 0.6 is 0 Å². The van der Waals surface area contributed by atoms with Crippen LogP contribution in [0.4, 0.5) is 4.39 Å². The minimum Gasteiger partial charge on any atom is -0.355 e. The number of nitrogens with zero attached hydrogens (tertiary/aromatic N) is 3. The smallest absolute Gasteiger partial charge is 0.254 e. The van der Waals surface area contributed by atoms with E-state index in [4.69, 9.17) is 4.52 Å². The van der Waals surface area contributed by atoms with E-state index in [0.29, 0.717) is 55.1 Å². The number of benzene rings is 3. The van der Waals surface area contributed by atoms with Crippen LogP contribution in [0.15, 0.2) is 77.3 Å². The van der Waals surface area contributed by atoms with Gasteiger partial charge in [0.25, 0.3) is 5.91 Å². The first-order chi connectivity index (χ1) is 23.2. The van der Waals surface area contributed by atoms with Crippen LogP contribution in [0.1, 0.15) is 65.2 Å². The highest BCUT2D eigenvalue weighted by Crippen LogP contribution is 2.20. The molecule has 11 nitrogen and oxygen atoms in total. The molecule has 5 rings (SSSR count). The average Bonchev–Trinajstić information content (AvgIpc) is 3.55. The van der Waals surface area contributed by atoms with Gasteiger partial charge < -0.3 is 25.4 Å². The summed E-state index contributed by atoms with van der Waals surface area (Å²) in [6, 6.07) is 19.3. The van der Waals surface area contributed by atoms with Crippen LogP contribution in [-0.2, 0) is 27.2 Å². The van der Waals surface area contributed by atoms with E-state index in [1.165, 1.54) is 24.0 Å². The van der Waals surface area contributed by atoms with Gasteiger partial charge in [0.15, 0.2) is 0 Å². The minimum absolute atomic E-state index is 0.00383. The lowest BCUT2D eigenvalue weighted by atomic mass is 10.0. The highest BCUT2D eigenvalue weighted by Gasteiger charge is 2.27. The minimum atomic E-state index is -1.02. The maximum atomic E-state index is 14.6. The van der Waals surface area contributed by atoms with Crippen molar-refractivity contribution >= 4 is 23.6 Å². The predicted molar refractivity (Wildman–Crippen MR) is 176 cm³/mol. The van der Waals surface area contributed by atoms with Crippen LogP contribution in [0.3, 0.4) is 0 Å². The Balaban J connectivity index is 1.32. The van der Waals surface area contributed by atoms with Gasteiger partial charge in [0, 0.05) is 31.5 Å². The maximum Gasteiger partial charge on any atom is 0.254 e. The van der Waals surface area contributed by atoms with E-state index in [1.54, 1.807) is 18.2 Å². The van der Waals surface area contributed by atoms with E-state index in [-0.39, 0.29) is 36.9 Å². The van der Waals surface area contributed by atoms with Gasteiger partial charge in [-0.2, -0.15) is 4.98 Å². The second-order valence-electron chi connectivity index (χ2n) is 11.9. The fourth-order valence-electron chi connectivity index (χ4n) is 5.49. The zero-order valence-electron chi connectivity index (χ0n) is 27.0. The highest BCUT2D eigenvalue weighted by molar-refractivity contribution is 5.98. The molecule has 0 radical (unpaired) electrons. The number of hydrogen-bond donors (Lipinski definition) is 3. The lowest BCUT2D eigenvalue weighted by Crippen LogP contribution is -2.49. The molecule has 48 heavy (non-hydrogen) atoms. The van der Waals surface area contributed by atoms with E-state index in [0.717, 1.165) is 11.1 Å². The van der Waals surface area contributed by atoms with Crippen molar-refractivity contribution in [3.8, 4) is 11.4 Å². The number of aryl methyl sites for hydroxylation is 3. The molecule has 1 aliphatic rings. The van der Waals surface area contributed by atoms with Crippen molar-refractivity contribution in [2.45, 2.75) is 58.0 Å². The first-order valence-electron chi connectivity index (χ1n) is 16.0. The van der Waals surface area contributed by atoms with E-state index in [1.807, 2.05) is 49.4 Å². The van der Waals surface area contributed by atoms with Crippen LogP contribution in [0.2, 0.25) is 0 Å². The molecule has 0 fully saturated rings. The van der Waals surface area contributed by atoms with E-state index < -0.39 is 29.7 Å². The van der Waals surface area contributed by atoms with E-state index in [9.17, 15) is 23.6 Å². The van der Waals surface area contributed by atoms with Crippen molar-refractivity contribution in [2.75, 3.05) is 19.6 Å². The largest absolute Gasteiger partial charge is 0.355 e. The molecule has 4 amide bonds. The summed E-state index contributed by atoms with van der Waals surface area (Å²) < 4.78 is 20.0. The Labute approximate surface area is 278 Å². The third kappa shape index (κ3) is 9.11. The molecule has 2 atom stereocenters. The Morgan fingerprint density at radius 2 is 1.83 bits per heavy atom. The number of nitrogens with one attached hydrogen (secondary N) is 3. The average molecular weight is 655 g/mol. The second-order valence-corrected chi connectivity index (χ2v) is 11.9. The summed E-state index contributed by atoms with van der Waals surface area (Å²) >= 11 is 0. The molecule has 0 aliphatic carbocycles. The number of rotatable bonds is 6. The van der Waals surface area contributed by atoms with Gasteiger partial charge in [-0.1, -0.05) is 65.3 Å². The number of carbonyl (C=O) groups is 4. The van der Waals surface area contributed by atoms with Gasteiger partial charge in [0.1, 0.15) is 11.9 Å². The molecule has 0 saturated carbocycles. The number of aromatic nitrogens is 2. The lowest BCUT2D eigenvalue weighted by molar-refractivity contribution is -0.137. The Bertz CT molecular complexity index is 1760. The van der Waals surface area contributed by atoms with E-state index >= 15 is 0 Å². The second kappa shape index (κ2) is 15.9. The third-order valence-corrected chi connectivity index (χ3v) is 8.11. The third-order valence-electron chi connectivity index (χ3n) is 8.11. The first-order valence-corrected chi connectivity index (χ1v) is 16.0. The van der Waals surface area contributed by atoms with Crippen molar-refractivity contribution < 1.29 is 28.1 Å². The molecule has 0 spiro atoms. The molecule has 4 aromatic rings. The lowest BCUT2D eigenvalue weighted by Gasteiger charge is -2.29. The normalized spacial score (nSPS) is 18.0. The van der Waals surface area contributed by atoms with Crippen molar-refractivity contribution in [1.82, 2.24) is 31.0 Å². The topological polar surface area (TPSA) is 147 Å². The van der Waals surface area contributed by atoms with Crippen LogP contribution in [0, 0.1) is 12.7 Å². The highest BCUT2D eigenvalue weighted by atomic mass is 19.1. The monoisotopic (exact) mass is 654 g/mol. The maximum absolute atomic E-state index is 14.6. The van der Waals surface area contributed by atoms with Gasteiger partial charge >= 0.3 is 0 Å². The SMILES string of the molecule is Cc1cccc(-c2noc(CCCC(=O)N3CC(=O)NCCCc4ccc(F)c(c4)C(=O)N[C@H](C)C(=O)N[C@@H](c4ccccc4)C3)n2)c1. The van der Waals surface area contributed by atoms with Gasteiger partial charge in [0.05, 0.1) is 18.2 Å². The number of fused-ring (bicyclic) bond motifs is 2. The van der Waals surface area contributed by atoms with Gasteiger partial charge in [-0.05, 0) is 62.4 Å². The predicted octanol–water partition coefficient (Wildman–Crippen LogP) is 4.07. The fourth-order valence-corrected chi connectivity index (χ4v) is 5.49. The summed E-state index contributed by atoms with van der Waals surface area (Å²) in [5.74, 6) is -1.71. The molecule has 2 bridgehead atoms. The molecule has 0 saturated heterocycles. The van der Waals surface area contributed by atoms with Crippen LogP contribution in [0.25, 0.3) is 11.4 Å². The van der Waals surface area contributed by atoms with Gasteiger partial charge in [0.2, 0.25) is 29.4 Å². The number of carbonyl (C=O) groups excluding carboxylic acids is 4. The molecule has 1 aliphatic heterocycles. The Morgan fingerprint density at radius 1 is 1.02 bits per heavy atom. The van der Waals surface area contributed by atoms with Crippen LogP contribution in [-0.4, -0.2) is 64.3 Å². The van der Waals surface area contributed by atoms with Crippen molar-refractivity contribution in [3.05, 3.63) is 107 Å². The molecule has 1 aromatic heterocycles. The molecule has 12 heteroatoms. The summed E-state index contributed by atoms with van der Waals surface area (Å²) in [7, 11) is 0. The van der Waals surface area contributed by atoms with Crippen molar-refractivity contribution in [1.29, 1.82) is 0 Å². The molecule has 0 unspecified atom stereocenters. The molecule has 3 aromatic carbocycles. The molecule has 3 N–H and O–H groups in total. The number of amides is 4. The zero-order valence-corrected chi connectivity index (χ0v) is 27.0. The van der Waals surface area contributed by atoms with E-state index in [2.05, 4.69) is 26.1 Å². The quantitative estimate of drug-likeness (QED) is 0.284. The van der Waals surface area contributed by atoms with Crippen LogP contribution < -0.4 is 16.0 Å². The molecule has 2 heterocycles. The Kier molecular flexibility index (Phi) is 11.3. The van der Waals surface area contributed by atoms with Gasteiger partial charge in [-0.25, -0.2) is 4.39 Å². The summed E-state index contributed by atoms with van der Waals surface area (Å²) in [6.45, 7) is 3.58. The van der Waals surface area contributed by atoms with Crippen LogP contribution in [0.5, 0.6) is 0 Å². The van der Waals surface area contributed by atoms with Gasteiger partial charge in [-0.15, -0.1) is 0 Å². The van der Waals surface area contributed by atoms with Crippen molar-refractivity contribution in [2.24, 2.45) is 0 Å². The number of halogens is 1. The Morgan fingerprint density at radius 3 is 2.62 bits per heavy atom. The molecule has 250 valence electrons. The summed E-state index contributed by atoms with van der Waals surface area (Å²) in [6.07, 6.45) is 1.87. The zero-order chi connectivity index (χ0) is 34.0. The first kappa shape index (κ1) is 34.0. The Hall–Kier alpha value is -5.39. The fraction of sp³-hybridized carbons (Fsp3) is 0.333. The van der Waals surface area contributed by atoms with Crippen molar-refractivity contribution in [3.63, 3.8) is 0 Å². The standard InChI is InChI=1S/C36H39FN6O5/c1-23-9-6-13-27(19-23)34-41-32(48-42-34)14-7-15-33(45)43-21-30(26-11-4-3-5-12-26)40-35(46)24(2)39-36(47)28-20-25(16-17-29(28)37)10-8-18-38-31(44)22-43/h3-6,9,11-13,16-17,19-20,24,30H,7-8,10,14-15,18,21-22H2,1-2H3,(H,38,44)(H,39,47)(H,40,46)/t24-,30-/m1/s1. The summed E-state index contributed by atoms with van der Waals surface area (Å²) in [5, 5.41) is 12.4.